The molecule has 3 saturated heterocycles. The Morgan fingerprint density at radius 2 is 0.765 bits per heavy atom. The van der Waals surface area contributed by atoms with Gasteiger partial charge in [0.05, 0.1) is 131 Å². The summed E-state index contributed by atoms with van der Waals surface area (Å²) < 4.78 is 97.7. The first-order valence-corrected chi connectivity index (χ1v) is 48.6. The molecule has 136 heavy (non-hydrogen) atoms. The molecule has 5 aliphatic carbocycles. The average Bonchev–Trinajstić information content (AvgIpc) is 1.59. The maximum absolute atomic E-state index is 14.7. The van der Waals surface area contributed by atoms with E-state index < -0.39 is 138 Å². The summed E-state index contributed by atoms with van der Waals surface area (Å²) in [5.74, 6) is -1.67. The third-order valence-electron chi connectivity index (χ3n) is 31.1. The summed E-state index contributed by atoms with van der Waals surface area (Å²) in [7, 11) is 4.73. The van der Waals surface area contributed by atoms with Gasteiger partial charge in [-0.2, -0.15) is 0 Å². The second-order valence-electron chi connectivity index (χ2n) is 42.7. The number of rotatable bonds is 9. The predicted molar refractivity (Wildman–Crippen MR) is 488 cm³/mol. The molecule has 8 fully saturated rings. The van der Waals surface area contributed by atoms with Crippen molar-refractivity contribution < 1.29 is 155 Å². The van der Waals surface area contributed by atoms with Crippen LogP contribution in [0.2, 0.25) is 0 Å². The molecular weight excluding hydrogens is 1860 g/mol. The summed E-state index contributed by atoms with van der Waals surface area (Å²) in [5.41, 5.74) is 3.38. The quantitative estimate of drug-likeness (QED) is 0.0737. The van der Waals surface area contributed by atoms with E-state index in [9.17, 15) is 56.3 Å². The Labute approximate surface area is 832 Å². The summed E-state index contributed by atoms with van der Waals surface area (Å²) in [6, 6.07) is 12.9. The van der Waals surface area contributed by atoms with E-state index in [0.29, 0.717) is 122 Å². The number of esters is 3. The van der Waals surface area contributed by atoms with Crippen LogP contribution in [-0.4, -0.2) is 214 Å². The molecule has 6 aromatic rings. The van der Waals surface area contributed by atoms with Crippen LogP contribution in [0, 0.1) is 93.2 Å². The third kappa shape index (κ3) is 23.7. The van der Waals surface area contributed by atoms with Crippen molar-refractivity contribution in [3.05, 3.63) is 71.7 Å². The van der Waals surface area contributed by atoms with Crippen LogP contribution in [0.3, 0.4) is 0 Å². The molecule has 0 N–H and O–H groups in total. The normalized spacial score (nSPS) is 31.3. The predicted octanol–water partition coefficient (Wildman–Crippen LogP) is 16.0. The minimum Gasteiger partial charge on any atom is -0.540 e. The van der Waals surface area contributed by atoms with Gasteiger partial charge in [-0.15, -0.1) is 0 Å². The van der Waals surface area contributed by atoms with E-state index >= 15 is 0 Å². The van der Waals surface area contributed by atoms with Crippen LogP contribution >= 0.6 is 0 Å². The zero-order chi connectivity index (χ0) is 94.7. The Morgan fingerprint density at radius 1 is 0.397 bits per heavy atom. The molecule has 0 spiro atoms. The number of nitrogens with zero attached hydrogens (tertiary/aromatic N) is 9. The van der Waals surface area contributed by atoms with Crippen LogP contribution in [0.15, 0.2) is 54.6 Å². The number of methoxy groups -OCH3 is 3. The number of halogens is 3. The van der Waals surface area contributed by atoms with E-state index in [0.717, 1.165) is 116 Å². The Balaban J connectivity index is 0.000000181. The molecule has 3 aromatic carbocycles. The number of aryl methyl sites for hydroxylation is 3. The Bertz CT molecular complexity index is 5140. The maximum Gasteiger partial charge on any atom is 0.307 e. The first-order valence-electron chi connectivity index (χ1n) is 48.6. The molecule has 27 nitrogen and oxygen atoms in total. The van der Waals surface area contributed by atoms with Gasteiger partial charge in [0.1, 0.15) is 70.5 Å². The molecule has 6 aliphatic heterocycles. The first-order chi connectivity index (χ1) is 63.7. The van der Waals surface area contributed by atoms with Crippen molar-refractivity contribution in [3.8, 4) is 34.9 Å². The number of carbonyl (C=O) groups excluding carboxylic acids is 9. The second kappa shape index (κ2) is 45.6. The van der Waals surface area contributed by atoms with Crippen LogP contribution in [0.5, 0.6) is 34.9 Å². The standard InChI is InChI=1S/C35H45FN3O6.C34H43FN3O6.C34H45FN3O6.3V/c1-35(2,3)25-16-31(41)45-32-21-11-10-20(14-21)23(32)8-6-5-7-9-27-33(38-28-15-22(43-4)12-13-26(28)37-27)44-30-18-39(34(25)42)29(19-40)24(30)17-36;1-34(2,3)24-15-31(40)43-29-13-19-12-22(19)21(29)8-6-5-7-9-26-32(37-27-14-20(42-4)10-11-25(27)36-26)44-30-17-38(33(24)41)28(18-39)23(30)16-35;1-33(2,3)24-17-30(40)44-34(4)15-9-11-21(34)10-7-6-8-12-26-31(37-27-16-22(42-5)13-14-25(27)36-26)43-29-19-38(32(24)41)28(20-39)23(29)18-35;;;/h12-13,15,20-21,23-25,29-30,32H,5-11,14,16-18H2,1-4H3;10-11,14,19,21-24,28-30H,5-9,12-13,15-17H2,1-4H3;13-14,16,21,23-24,28-29H,6-12,15,17-19H2,1-5H3;;;/q3*-1;;;/t20-,21+,23-,24+,25-,29-,30+,32-;19?,21-,22?,23+,24-,28-,29-,30+;21-,23+,24-,28-,29+,34-;;;/m111.../s1. The monoisotopic (exact) mass is 1990 g/mol. The molecule has 22 atom stereocenters. The summed E-state index contributed by atoms with van der Waals surface area (Å²) in [6.07, 6.45) is 24.1. The second-order valence-corrected chi connectivity index (χ2v) is 42.7. The molecule has 3 radical (unpaired) electrons. The van der Waals surface area contributed by atoms with E-state index in [4.69, 9.17) is 72.5 Å². The van der Waals surface area contributed by atoms with E-state index in [-0.39, 0.29) is 142 Å². The van der Waals surface area contributed by atoms with Gasteiger partial charge in [0, 0.05) is 91.6 Å². The average molecular weight is 2000 g/mol. The molecule has 737 valence electrons. The van der Waals surface area contributed by atoms with Gasteiger partial charge in [0.2, 0.25) is 35.4 Å². The zero-order valence-corrected chi connectivity index (χ0v) is 85.0. The van der Waals surface area contributed by atoms with Gasteiger partial charge < -0.3 is 71.7 Å². The number of alkyl halides is 3. The Hall–Kier alpha value is -8.15. The topological polar surface area (TPSA) is 324 Å². The van der Waals surface area contributed by atoms with Crippen molar-refractivity contribution in [2.45, 2.75) is 290 Å². The van der Waals surface area contributed by atoms with Crippen molar-refractivity contribution in [1.82, 2.24) is 44.6 Å². The van der Waals surface area contributed by atoms with Gasteiger partial charge in [-0.3, -0.25) is 41.9 Å². The number of amides is 3. The molecule has 3 aromatic heterocycles. The molecular formula is C103H133F3N9O18V3-3. The number of aromatic nitrogens is 6. The summed E-state index contributed by atoms with van der Waals surface area (Å²) >= 11 is 0. The SMILES string of the molecule is COc1ccc2nc3c(nc2c1)O[C@H]1CN(C(=O)[C@H](C(C)(C)C)CC(=O)O[C@@H]2CC4CC4[C@H]2CCCCC3)[C@H]([C-]=O)[C@@H]1CF.COc1ccc2nc3c(nc2c1)O[C@H]1CN(C(=O)[C@H](C(C)(C)C)CC(=O)O[C@@H]2[C@H]4CC[C@H](C4)[C@H]2CCCCC3)[C@H]([C-]=O)[C@@H]1CF.COc1ccc2nc3c(nc2c1)O[C@H]1CN(C(=O)[C@H](C(C)(C)C)CC(=O)O[C@]2(C)CCC[C@H]2CCCCC3)[C@H]([C-]=O)[C@@H]1CF.[V].[V].[V]. The van der Waals surface area contributed by atoms with Gasteiger partial charge in [-0.1, -0.05) is 119 Å². The van der Waals surface area contributed by atoms with Gasteiger partial charge in [-0.25, -0.2) is 48.8 Å². The van der Waals surface area contributed by atoms with Gasteiger partial charge in [0.25, 0.3) is 0 Å². The van der Waals surface area contributed by atoms with Crippen LogP contribution in [-0.2, 0) is 132 Å². The fraction of sp³-hybridized carbons (Fsp3) is 0.680. The van der Waals surface area contributed by atoms with Crippen molar-refractivity contribution >= 4 is 87.6 Å². The molecule has 3 amide bonds. The van der Waals surface area contributed by atoms with Crippen LogP contribution < -0.4 is 28.4 Å². The van der Waals surface area contributed by atoms with Crippen LogP contribution in [0.25, 0.3) is 33.1 Å². The number of hydrogen-bond acceptors (Lipinski definition) is 24. The van der Waals surface area contributed by atoms with E-state index in [1.165, 1.54) is 27.5 Å². The third-order valence-corrected chi connectivity index (χ3v) is 31.1. The minimum atomic E-state index is -1.16. The summed E-state index contributed by atoms with van der Waals surface area (Å²) in [4.78, 5) is 153. The summed E-state index contributed by atoms with van der Waals surface area (Å²) in [5, 5.41) is 0. The van der Waals surface area contributed by atoms with Gasteiger partial charge in [-0.05, 0) is 210 Å². The van der Waals surface area contributed by atoms with Gasteiger partial charge in [0.15, 0.2) is 0 Å². The molecule has 11 aliphatic rings. The number of hydrogen-bond donors (Lipinski definition) is 0. The Kier molecular flexibility index (Phi) is 35.8. The fourth-order valence-corrected chi connectivity index (χ4v) is 23.2. The van der Waals surface area contributed by atoms with Crippen molar-refractivity contribution in [1.29, 1.82) is 0 Å². The fourth-order valence-electron chi connectivity index (χ4n) is 23.2. The molecule has 8 bridgehead atoms. The summed E-state index contributed by atoms with van der Waals surface area (Å²) in [6.45, 7) is 16.3. The zero-order valence-electron chi connectivity index (χ0n) is 80.8. The molecule has 2 unspecified atom stereocenters. The smallest absolute Gasteiger partial charge is 0.307 e. The minimum absolute atomic E-state index is 0. The largest absolute Gasteiger partial charge is 0.540 e. The van der Waals surface area contributed by atoms with E-state index in [2.05, 4.69) is 0 Å². The van der Waals surface area contributed by atoms with Crippen molar-refractivity contribution in [2.24, 2.45) is 93.2 Å². The molecule has 5 saturated carbocycles. The molecule has 33 heteroatoms. The number of ether oxygens (including phenoxy) is 9. The molecule has 9 heterocycles. The van der Waals surface area contributed by atoms with E-state index in [1.54, 1.807) is 39.5 Å². The first kappa shape index (κ1) is 107. The van der Waals surface area contributed by atoms with Crippen molar-refractivity contribution in [2.75, 3.05) is 61.0 Å². The van der Waals surface area contributed by atoms with Crippen LogP contribution in [0.1, 0.15) is 234 Å². The van der Waals surface area contributed by atoms with E-state index in [1.807, 2.05) is 124 Å². The van der Waals surface area contributed by atoms with Gasteiger partial charge >= 0.3 is 17.9 Å². The number of carbonyl (C=O) groups is 6. The number of benzene rings is 3. The van der Waals surface area contributed by atoms with Crippen LogP contribution in [0.4, 0.5) is 13.2 Å². The molecule has 17 rings (SSSR count). The van der Waals surface area contributed by atoms with Crippen molar-refractivity contribution in [3.63, 3.8) is 0 Å². The number of fused-ring (bicyclic) bond motifs is 21. The maximum atomic E-state index is 14.7. The Morgan fingerprint density at radius 3 is 1.15 bits per heavy atom.